The van der Waals surface area contributed by atoms with Crippen molar-refractivity contribution in [3.8, 4) is 5.69 Å². The van der Waals surface area contributed by atoms with Gasteiger partial charge in [0.15, 0.2) is 6.61 Å². The SMILES string of the molecule is Cc1ccc(-n2nc(C)c(NC(=O)COC(=O)c3c(C)noc3C)c2C)cc1. The molecule has 1 N–H and O–H groups in total. The third kappa shape index (κ3) is 3.80. The molecule has 0 spiro atoms. The number of hydrogen-bond donors (Lipinski definition) is 1. The fourth-order valence-electron chi connectivity index (χ4n) is 2.91. The topological polar surface area (TPSA) is 99.2 Å². The van der Waals surface area contributed by atoms with E-state index in [0.29, 0.717) is 22.8 Å². The van der Waals surface area contributed by atoms with Gasteiger partial charge >= 0.3 is 5.97 Å². The molecule has 1 aromatic carbocycles. The van der Waals surface area contributed by atoms with Crippen molar-refractivity contribution in [3.63, 3.8) is 0 Å². The molecule has 3 aromatic rings. The summed E-state index contributed by atoms with van der Waals surface area (Å²) in [5.41, 5.74) is 4.77. The fraction of sp³-hybridized carbons (Fsp3) is 0.300. The molecule has 28 heavy (non-hydrogen) atoms. The summed E-state index contributed by atoms with van der Waals surface area (Å²) in [7, 11) is 0. The highest BCUT2D eigenvalue weighted by atomic mass is 16.5. The molecule has 0 atom stereocenters. The molecule has 1 amide bonds. The lowest BCUT2D eigenvalue weighted by atomic mass is 10.2. The lowest BCUT2D eigenvalue weighted by molar-refractivity contribution is -0.119. The van der Waals surface area contributed by atoms with E-state index in [2.05, 4.69) is 15.6 Å². The number of amides is 1. The third-order valence-corrected chi connectivity index (χ3v) is 4.41. The summed E-state index contributed by atoms with van der Waals surface area (Å²) in [6.07, 6.45) is 0. The van der Waals surface area contributed by atoms with Crippen LogP contribution in [0.5, 0.6) is 0 Å². The summed E-state index contributed by atoms with van der Waals surface area (Å²) in [5, 5.41) is 11.0. The van der Waals surface area contributed by atoms with Gasteiger partial charge in [0.05, 0.1) is 28.5 Å². The largest absolute Gasteiger partial charge is 0.452 e. The van der Waals surface area contributed by atoms with Crippen molar-refractivity contribution in [2.45, 2.75) is 34.6 Å². The first kappa shape index (κ1) is 19.3. The standard InChI is InChI=1S/C20H22N4O4/c1-11-6-8-16(9-7-11)24-14(4)19(13(3)22-24)21-17(25)10-27-20(26)18-12(2)23-28-15(18)5/h6-9H,10H2,1-5H3,(H,21,25). The average Bonchev–Trinajstić information content (AvgIpc) is 3.13. The van der Waals surface area contributed by atoms with Gasteiger partial charge in [-0.3, -0.25) is 4.79 Å². The molecular weight excluding hydrogens is 360 g/mol. The zero-order chi connectivity index (χ0) is 20.4. The summed E-state index contributed by atoms with van der Waals surface area (Å²) in [6, 6.07) is 7.92. The summed E-state index contributed by atoms with van der Waals surface area (Å²) in [6.45, 7) is 8.52. The minimum absolute atomic E-state index is 0.243. The van der Waals surface area contributed by atoms with Crippen molar-refractivity contribution >= 4 is 17.6 Å². The highest BCUT2D eigenvalue weighted by Crippen LogP contribution is 2.23. The average molecular weight is 382 g/mol. The van der Waals surface area contributed by atoms with Crippen LogP contribution in [0.25, 0.3) is 5.69 Å². The Morgan fingerprint density at radius 3 is 2.36 bits per heavy atom. The zero-order valence-corrected chi connectivity index (χ0v) is 16.5. The Balaban J connectivity index is 1.69. The third-order valence-electron chi connectivity index (χ3n) is 4.41. The summed E-state index contributed by atoms with van der Waals surface area (Å²) < 4.78 is 11.8. The van der Waals surface area contributed by atoms with Gasteiger partial charge in [0.25, 0.3) is 5.91 Å². The predicted octanol–water partition coefficient (Wildman–Crippen LogP) is 3.20. The normalized spacial score (nSPS) is 10.8. The fourth-order valence-corrected chi connectivity index (χ4v) is 2.91. The van der Waals surface area contributed by atoms with E-state index in [-0.39, 0.29) is 5.56 Å². The molecule has 8 nitrogen and oxygen atoms in total. The van der Waals surface area contributed by atoms with Crippen LogP contribution in [-0.4, -0.2) is 33.4 Å². The molecule has 0 saturated heterocycles. The van der Waals surface area contributed by atoms with Gasteiger partial charge in [0.1, 0.15) is 11.3 Å². The number of esters is 1. The Labute approximate surface area is 162 Å². The van der Waals surface area contributed by atoms with E-state index in [9.17, 15) is 9.59 Å². The van der Waals surface area contributed by atoms with Crippen molar-refractivity contribution in [1.29, 1.82) is 0 Å². The van der Waals surface area contributed by atoms with Gasteiger partial charge in [0, 0.05) is 0 Å². The Morgan fingerprint density at radius 1 is 1.07 bits per heavy atom. The molecule has 0 fully saturated rings. The number of anilines is 1. The first-order valence-electron chi connectivity index (χ1n) is 8.81. The molecule has 0 radical (unpaired) electrons. The van der Waals surface area contributed by atoms with Crippen LogP contribution in [-0.2, 0) is 9.53 Å². The maximum atomic E-state index is 12.3. The van der Waals surface area contributed by atoms with Gasteiger partial charge in [-0.15, -0.1) is 0 Å². The Hall–Kier alpha value is -3.42. The minimum Gasteiger partial charge on any atom is -0.452 e. The van der Waals surface area contributed by atoms with E-state index < -0.39 is 18.5 Å². The number of aryl methyl sites for hydroxylation is 4. The van der Waals surface area contributed by atoms with Crippen molar-refractivity contribution < 1.29 is 18.8 Å². The molecule has 0 saturated carbocycles. The first-order chi connectivity index (χ1) is 13.3. The molecule has 146 valence electrons. The predicted molar refractivity (Wildman–Crippen MR) is 103 cm³/mol. The Morgan fingerprint density at radius 2 is 1.75 bits per heavy atom. The number of nitrogens with one attached hydrogen (secondary N) is 1. The molecule has 2 heterocycles. The molecule has 3 rings (SSSR count). The molecule has 0 aliphatic carbocycles. The number of ether oxygens (including phenoxy) is 1. The monoisotopic (exact) mass is 382 g/mol. The number of benzene rings is 1. The maximum Gasteiger partial charge on any atom is 0.344 e. The molecule has 0 unspecified atom stereocenters. The molecule has 2 aromatic heterocycles. The van der Waals surface area contributed by atoms with E-state index in [0.717, 1.165) is 16.9 Å². The van der Waals surface area contributed by atoms with Crippen LogP contribution in [0.2, 0.25) is 0 Å². The van der Waals surface area contributed by atoms with E-state index >= 15 is 0 Å². The Kier molecular flexibility index (Phi) is 5.30. The lowest BCUT2D eigenvalue weighted by Crippen LogP contribution is -2.22. The number of rotatable bonds is 5. The smallest absolute Gasteiger partial charge is 0.344 e. The molecule has 0 bridgehead atoms. The molecule has 0 aliphatic rings. The summed E-state index contributed by atoms with van der Waals surface area (Å²) in [5.74, 6) is -0.737. The number of carbonyl (C=O) groups excluding carboxylic acids is 2. The van der Waals surface area contributed by atoms with Crippen LogP contribution in [0.1, 0.15) is 38.8 Å². The van der Waals surface area contributed by atoms with Gasteiger partial charge in [-0.2, -0.15) is 5.10 Å². The Bertz CT molecular complexity index is 1010. The molecule has 8 heteroatoms. The number of hydrogen-bond acceptors (Lipinski definition) is 6. The van der Waals surface area contributed by atoms with E-state index in [1.54, 1.807) is 18.5 Å². The maximum absolute atomic E-state index is 12.3. The van der Waals surface area contributed by atoms with Gasteiger partial charge in [0.2, 0.25) is 0 Å². The second-order valence-electron chi connectivity index (χ2n) is 6.62. The highest BCUT2D eigenvalue weighted by Gasteiger charge is 2.21. The van der Waals surface area contributed by atoms with Crippen LogP contribution in [0.15, 0.2) is 28.8 Å². The number of aromatic nitrogens is 3. The second kappa shape index (κ2) is 7.67. The van der Waals surface area contributed by atoms with E-state index in [4.69, 9.17) is 9.26 Å². The number of carbonyl (C=O) groups is 2. The molecule has 0 aliphatic heterocycles. The van der Waals surface area contributed by atoms with Crippen molar-refractivity contribution in [2.24, 2.45) is 0 Å². The van der Waals surface area contributed by atoms with E-state index in [1.807, 2.05) is 45.0 Å². The van der Waals surface area contributed by atoms with Crippen molar-refractivity contribution in [2.75, 3.05) is 11.9 Å². The highest BCUT2D eigenvalue weighted by molar-refractivity contribution is 5.96. The van der Waals surface area contributed by atoms with Crippen LogP contribution >= 0.6 is 0 Å². The van der Waals surface area contributed by atoms with Crippen LogP contribution in [0.3, 0.4) is 0 Å². The van der Waals surface area contributed by atoms with Gasteiger partial charge in [-0.1, -0.05) is 22.9 Å². The van der Waals surface area contributed by atoms with Gasteiger partial charge in [-0.05, 0) is 46.8 Å². The second-order valence-corrected chi connectivity index (χ2v) is 6.62. The lowest BCUT2D eigenvalue weighted by Gasteiger charge is -2.08. The van der Waals surface area contributed by atoms with E-state index in [1.165, 1.54) is 0 Å². The zero-order valence-electron chi connectivity index (χ0n) is 16.5. The van der Waals surface area contributed by atoms with Crippen LogP contribution in [0.4, 0.5) is 5.69 Å². The van der Waals surface area contributed by atoms with Crippen LogP contribution < -0.4 is 5.32 Å². The molecular formula is C20H22N4O4. The van der Waals surface area contributed by atoms with Crippen LogP contribution in [0, 0.1) is 34.6 Å². The van der Waals surface area contributed by atoms with Crippen molar-refractivity contribution in [3.05, 3.63) is 58.2 Å². The summed E-state index contributed by atoms with van der Waals surface area (Å²) >= 11 is 0. The van der Waals surface area contributed by atoms with Gasteiger partial charge in [-0.25, -0.2) is 9.48 Å². The van der Waals surface area contributed by atoms with Crippen molar-refractivity contribution in [1.82, 2.24) is 14.9 Å². The summed E-state index contributed by atoms with van der Waals surface area (Å²) in [4.78, 5) is 24.4. The quantitative estimate of drug-likeness (QED) is 0.680. The first-order valence-corrected chi connectivity index (χ1v) is 8.81. The van der Waals surface area contributed by atoms with Gasteiger partial charge < -0.3 is 14.6 Å². The number of nitrogens with zero attached hydrogens (tertiary/aromatic N) is 3. The minimum atomic E-state index is -0.643.